The molecule has 1 aliphatic rings. The second-order valence-electron chi connectivity index (χ2n) is 7.83. The lowest BCUT2D eigenvalue weighted by Gasteiger charge is -2.38. The number of hydrogen-bond acceptors (Lipinski definition) is 5. The van der Waals surface area contributed by atoms with Crippen molar-refractivity contribution in [3.05, 3.63) is 52.8 Å². The van der Waals surface area contributed by atoms with E-state index >= 15 is 0 Å². The van der Waals surface area contributed by atoms with Gasteiger partial charge in [-0.05, 0) is 63.6 Å². The fourth-order valence-electron chi connectivity index (χ4n) is 4.03. The zero-order valence-electron chi connectivity index (χ0n) is 16.5. The van der Waals surface area contributed by atoms with Crippen LogP contribution in [-0.2, 0) is 5.41 Å². The molecule has 1 fully saturated rings. The normalized spacial score (nSPS) is 17.7. The molecule has 0 saturated carbocycles. The summed E-state index contributed by atoms with van der Waals surface area (Å²) >= 11 is 6.60. The maximum absolute atomic E-state index is 6.60. The highest BCUT2D eigenvalue weighted by Gasteiger charge is 2.38. The number of anilines is 1. The molecule has 1 saturated heterocycles. The van der Waals surface area contributed by atoms with Gasteiger partial charge in [0, 0.05) is 29.7 Å². The van der Waals surface area contributed by atoms with Gasteiger partial charge in [-0.1, -0.05) is 36.7 Å². The molecule has 0 radical (unpaired) electrons. The minimum atomic E-state index is -0.168. The van der Waals surface area contributed by atoms with Gasteiger partial charge in [-0.2, -0.15) is 0 Å². The molecule has 1 aromatic carbocycles. The van der Waals surface area contributed by atoms with Crippen molar-refractivity contribution in [3.63, 3.8) is 0 Å². The van der Waals surface area contributed by atoms with Gasteiger partial charge >= 0.3 is 0 Å². The van der Waals surface area contributed by atoms with Gasteiger partial charge in [0.15, 0.2) is 0 Å². The third kappa shape index (κ3) is 4.78. The molecule has 2 aromatic rings. The summed E-state index contributed by atoms with van der Waals surface area (Å²) in [5.74, 6) is 1.21. The molecule has 0 bridgehead atoms. The molecule has 0 spiro atoms. The zero-order valence-corrected chi connectivity index (χ0v) is 17.3. The third-order valence-electron chi connectivity index (χ3n) is 5.28. The Balaban J connectivity index is 1.87. The monoisotopic (exact) mass is 387 g/mol. The van der Waals surface area contributed by atoms with Crippen LogP contribution in [-0.4, -0.2) is 55.1 Å². The van der Waals surface area contributed by atoms with Gasteiger partial charge in [0.2, 0.25) is 5.95 Å². The fourth-order valence-corrected chi connectivity index (χ4v) is 4.35. The van der Waals surface area contributed by atoms with Gasteiger partial charge < -0.3 is 15.5 Å². The topological polar surface area (TPSA) is 53.1 Å². The minimum Gasteiger partial charge on any atom is -0.354 e. The SMILES string of the molecule is CC(CNc1nccc(C2(c3ccccc3Cl)CCNCC2)n1)CN(C)C. The summed E-state index contributed by atoms with van der Waals surface area (Å²) in [5.41, 5.74) is 2.05. The number of halogens is 1. The predicted octanol–water partition coefficient (Wildman–Crippen LogP) is 3.41. The number of hydrogen-bond donors (Lipinski definition) is 2. The fraction of sp³-hybridized carbons (Fsp3) is 0.524. The first-order valence-corrected chi connectivity index (χ1v) is 10.1. The van der Waals surface area contributed by atoms with E-state index in [0.717, 1.165) is 49.7 Å². The van der Waals surface area contributed by atoms with E-state index < -0.39 is 0 Å². The van der Waals surface area contributed by atoms with E-state index in [0.29, 0.717) is 11.9 Å². The quantitative estimate of drug-likeness (QED) is 0.762. The molecule has 2 heterocycles. The van der Waals surface area contributed by atoms with Crippen molar-refractivity contribution < 1.29 is 0 Å². The Morgan fingerprint density at radius 3 is 2.67 bits per heavy atom. The van der Waals surface area contributed by atoms with Crippen molar-refractivity contribution >= 4 is 17.5 Å². The molecule has 146 valence electrons. The predicted molar refractivity (Wildman–Crippen MR) is 113 cm³/mol. The first-order chi connectivity index (χ1) is 13.0. The molecule has 3 rings (SSSR count). The first kappa shape index (κ1) is 20.1. The van der Waals surface area contributed by atoms with Crippen molar-refractivity contribution in [2.24, 2.45) is 5.92 Å². The maximum atomic E-state index is 6.60. The smallest absolute Gasteiger partial charge is 0.222 e. The summed E-state index contributed by atoms with van der Waals surface area (Å²) in [6.45, 7) is 6.02. The summed E-state index contributed by atoms with van der Waals surface area (Å²) in [7, 11) is 4.19. The van der Waals surface area contributed by atoms with Gasteiger partial charge in [0.05, 0.1) is 5.69 Å². The highest BCUT2D eigenvalue weighted by molar-refractivity contribution is 6.31. The standard InChI is InChI=1S/C21H30ClN5/c1-16(15-27(2)3)14-25-20-24-11-8-19(26-20)21(9-12-23-13-10-21)17-6-4-5-7-18(17)22/h4-8,11,16,23H,9-10,12-15H2,1-3H3,(H,24,25,26). The largest absolute Gasteiger partial charge is 0.354 e. The Morgan fingerprint density at radius 1 is 1.22 bits per heavy atom. The summed E-state index contributed by atoms with van der Waals surface area (Å²) in [4.78, 5) is 11.6. The van der Waals surface area contributed by atoms with Crippen molar-refractivity contribution in [3.8, 4) is 0 Å². The molecule has 2 N–H and O–H groups in total. The Kier molecular flexibility index (Phi) is 6.68. The molecular formula is C21H30ClN5. The van der Waals surface area contributed by atoms with Crippen molar-refractivity contribution in [2.75, 3.05) is 45.6 Å². The number of rotatable bonds is 7. The molecule has 0 amide bonds. The van der Waals surface area contributed by atoms with Crippen LogP contribution >= 0.6 is 11.6 Å². The van der Waals surface area contributed by atoms with Crippen LogP contribution < -0.4 is 10.6 Å². The lowest BCUT2D eigenvalue weighted by molar-refractivity contribution is 0.346. The third-order valence-corrected chi connectivity index (χ3v) is 5.61. The second-order valence-corrected chi connectivity index (χ2v) is 8.23. The molecular weight excluding hydrogens is 358 g/mol. The number of nitrogens with zero attached hydrogens (tertiary/aromatic N) is 3. The number of piperidine rings is 1. The lowest BCUT2D eigenvalue weighted by Crippen LogP contribution is -2.41. The minimum absolute atomic E-state index is 0.168. The Hall–Kier alpha value is -1.69. The van der Waals surface area contributed by atoms with Crippen LogP contribution in [0, 0.1) is 5.92 Å². The molecule has 1 unspecified atom stereocenters. The lowest BCUT2D eigenvalue weighted by atomic mass is 9.70. The maximum Gasteiger partial charge on any atom is 0.222 e. The van der Waals surface area contributed by atoms with E-state index in [-0.39, 0.29) is 5.41 Å². The molecule has 1 aromatic heterocycles. The van der Waals surface area contributed by atoms with Gasteiger partial charge in [-0.25, -0.2) is 9.97 Å². The van der Waals surface area contributed by atoms with E-state index in [4.69, 9.17) is 16.6 Å². The number of aromatic nitrogens is 2. The van der Waals surface area contributed by atoms with Crippen LogP contribution in [0.25, 0.3) is 0 Å². The van der Waals surface area contributed by atoms with Crippen LogP contribution in [0.1, 0.15) is 31.0 Å². The molecule has 27 heavy (non-hydrogen) atoms. The van der Waals surface area contributed by atoms with Crippen molar-refractivity contribution in [1.29, 1.82) is 0 Å². The first-order valence-electron chi connectivity index (χ1n) is 9.69. The van der Waals surface area contributed by atoms with E-state index in [1.165, 1.54) is 5.56 Å². The average molecular weight is 388 g/mol. The van der Waals surface area contributed by atoms with E-state index in [1.807, 2.05) is 24.4 Å². The number of nitrogens with one attached hydrogen (secondary N) is 2. The van der Waals surface area contributed by atoms with Gasteiger partial charge in [0.1, 0.15) is 0 Å². The molecule has 0 aliphatic carbocycles. The van der Waals surface area contributed by atoms with Gasteiger partial charge in [-0.15, -0.1) is 0 Å². The number of benzene rings is 1. The van der Waals surface area contributed by atoms with E-state index in [1.54, 1.807) is 0 Å². The molecule has 6 heteroatoms. The molecule has 5 nitrogen and oxygen atoms in total. The van der Waals surface area contributed by atoms with E-state index in [9.17, 15) is 0 Å². The highest BCUT2D eigenvalue weighted by Crippen LogP contribution is 2.42. The van der Waals surface area contributed by atoms with Crippen LogP contribution in [0.2, 0.25) is 5.02 Å². The summed E-state index contributed by atoms with van der Waals surface area (Å²) in [5, 5.41) is 7.69. The van der Waals surface area contributed by atoms with Crippen LogP contribution in [0.3, 0.4) is 0 Å². The van der Waals surface area contributed by atoms with Gasteiger partial charge in [0.25, 0.3) is 0 Å². The Labute approximate surface area is 167 Å². The van der Waals surface area contributed by atoms with Crippen molar-refractivity contribution in [2.45, 2.75) is 25.2 Å². The van der Waals surface area contributed by atoms with Crippen LogP contribution in [0.5, 0.6) is 0 Å². The summed E-state index contributed by atoms with van der Waals surface area (Å²) < 4.78 is 0. The highest BCUT2D eigenvalue weighted by atomic mass is 35.5. The van der Waals surface area contributed by atoms with E-state index in [2.05, 4.69) is 53.7 Å². The summed E-state index contributed by atoms with van der Waals surface area (Å²) in [6.07, 6.45) is 3.82. The second kappa shape index (κ2) is 9.00. The van der Waals surface area contributed by atoms with Crippen molar-refractivity contribution in [1.82, 2.24) is 20.2 Å². The van der Waals surface area contributed by atoms with Crippen LogP contribution in [0.4, 0.5) is 5.95 Å². The molecule has 1 atom stereocenters. The average Bonchev–Trinajstić information content (AvgIpc) is 2.67. The summed E-state index contributed by atoms with van der Waals surface area (Å²) in [6, 6.07) is 10.2. The Morgan fingerprint density at radius 2 is 1.96 bits per heavy atom. The van der Waals surface area contributed by atoms with Gasteiger partial charge in [-0.3, -0.25) is 0 Å². The zero-order chi connectivity index (χ0) is 19.3. The Bertz CT molecular complexity index is 743. The molecule has 1 aliphatic heterocycles. The van der Waals surface area contributed by atoms with Crippen LogP contribution in [0.15, 0.2) is 36.5 Å².